The Morgan fingerprint density at radius 2 is 1.96 bits per heavy atom. The van der Waals surface area contributed by atoms with Crippen LogP contribution in [0.4, 0.5) is 0 Å². The standard InChI is InChI=1S/C18H20N2O2S/c1-5-22-13-8-6-12(7-9-13)15-11-23-17-19-16(18(2,3)4)14(10-21)20(15)17/h6-11H,5H2,1-4H3. The summed E-state index contributed by atoms with van der Waals surface area (Å²) in [6, 6.07) is 7.92. The second-order valence-electron chi connectivity index (χ2n) is 6.41. The van der Waals surface area contributed by atoms with Crippen molar-refractivity contribution in [1.82, 2.24) is 9.38 Å². The summed E-state index contributed by atoms with van der Waals surface area (Å²) < 4.78 is 7.44. The van der Waals surface area contributed by atoms with Gasteiger partial charge in [0, 0.05) is 10.8 Å². The van der Waals surface area contributed by atoms with E-state index in [9.17, 15) is 4.79 Å². The van der Waals surface area contributed by atoms with Crippen molar-refractivity contribution in [2.24, 2.45) is 0 Å². The first-order valence-corrected chi connectivity index (χ1v) is 8.52. The Kier molecular flexibility index (Phi) is 3.98. The molecular weight excluding hydrogens is 308 g/mol. The maximum atomic E-state index is 11.7. The van der Waals surface area contributed by atoms with Crippen LogP contribution in [-0.4, -0.2) is 22.3 Å². The smallest absolute Gasteiger partial charge is 0.195 e. The molecule has 0 radical (unpaired) electrons. The SMILES string of the molecule is CCOc1ccc(-c2csc3nc(C(C)(C)C)c(C=O)n23)cc1. The van der Waals surface area contributed by atoms with Crippen molar-refractivity contribution in [2.75, 3.05) is 6.61 Å². The number of imidazole rings is 1. The van der Waals surface area contributed by atoms with Gasteiger partial charge in [0.2, 0.25) is 0 Å². The van der Waals surface area contributed by atoms with Crippen molar-refractivity contribution in [3.05, 3.63) is 41.0 Å². The molecule has 23 heavy (non-hydrogen) atoms. The molecule has 2 aromatic heterocycles. The average Bonchev–Trinajstić information content (AvgIpc) is 3.06. The normalized spacial score (nSPS) is 11.8. The van der Waals surface area contributed by atoms with E-state index in [4.69, 9.17) is 4.74 Å². The van der Waals surface area contributed by atoms with Crippen LogP contribution in [-0.2, 0) is 5.41 Å². The quantitative estimate of drug-likeness (QED) is 0.659. The minimum Gasteiger partial charge on any atom is -0.494 e. The highest BCUT2D eigenvalue weighted by molar-refractivity contribution is 7.15. The first-order chi connectivity index (χ1) is 11.0. The maximum Gasteiger partial charge on any atom is 0.195 e. The summed E-state index contributed by atoms with van der Waals surface area (Å²) in [6.45, 7) is 8.83. The van der Waals surface area contributed by atoms with Gasteiger partial charge in [0.25, 0.3) is 0 Å². The number of carbonyl (C=O) groups excluding carboxylic acids is 1. The second-order valence-corrected chi connectivity index (χ2v) is 7.25. The first kappa shape index (κ1) is 15.7. The lowest BCUT2D eigenvalue weighted by molar-refractivity contribution is 0.111. The van der Waals surface area contributed by atoms with Crippen LogP contribution in [0, 0.1) is 0 Å². The van der Waals surface area contributed by atoms with E-state index in [1.54, 1.807) is 11.3 Å². The van der Waals surface area contributed by atoms with E-state index in [-0.39, 0.29) is 5.41 Å². The number of hydrogen-bond donors (Lipinski definition) is 0. The molecule has 0 aliphatic carbocycles. The van der Waals surface area contributed by atoms with E-state index in [0.29, 0.717) is 12.3 Å². The summed E-state index contributed by atoms with van der Waals surface area (Å²) in [5.41, 5.74) is 3.33. The van der Waals surface area contributed by atoms with Gasteiger partial charge in [0.1, 0.15) is 11.4 Å². The molecule has 2 heterocycles. The van der Waals surface area contributed by atoms with Gasteiger partial charge in [-0.15, -0.1) is 11.3 Å². The van der Waals surface area contributed by atoms with Crippen LogP contribution in [0.25, 0.3) is 16.2 Å². The van der Waals surface area contributed by atoms with Gasteiger partial charge in [-0.05, 0) is 36.8 Å². The molecule has 3 aromatic rings. The third kappa shape index (κ3) is 2.77. The summed E-state index contributed by atoms with van der Waals surface area (Å²) in [7, 11) is 0. The first-order valence-electron chi connectivity index (χ1n) is 7.64. The fraction of sp³-hybridized carbons (Fsp3) is 0.333. The van der Waals surface area contributed by atoms with Crippen molar-refractivity contribution >= 4 is 22.6 Å². The number of carbonyl (C=O) groups is 1. The number of rotatable bonds is 4. The molecule has 1 aromatic carbocycles. The van der Waals surface area contributed by atoms with Crippen LogP contribution < -0.4 is 4.74 Å². The molecule has 0 spiro atoms. The van der Waals surface area contributed by atoms with Crippen LogP contribution in [0.1, 0.15) is 43.9 Å². The minimum absolute atomic E-state index is 0.169. The van der Waals surface area contributed by atoms with Crippen molar-refractivity contribution in [3.63, 3.8) is 0 Å². The lowest BCUT2D eigenvalue weighted by Gasteiger charge is -2.16. The minimum atomic E-state index is -0.169. The molecule has 0 aliphatic heterocycles. The summed E-state index contributed by atoms with van der Waals surface area (Å²) >= 11 is 1.55. The predicted molar refractivity (Wildman–Crippen MR) is 93.8 cm³/mol. The Bertz CT molecular complexity index is 838. The number of hydrogen-bond acceptors (Lipinski definition) is 4. The van der Waals surface area contributed by atoms with Gasteiger partial charge >= 0.3 is 0 Å². The van der Waals surface area contributed by atoms with E-state index in [2.05, 4.69) is 25.8 Å². The van der Waals surface area contributed by atoms with E-state index < -0.39 is 0 Å². The van der Waals surface area contributed by atoms with E-state index >= 15 is 0 Å². The Morgan fingerprint density at radius 3 is 2.52 bits per heavy atom. The van der Waals surface area contributed by atoms with Gasteiger partial charge in [0.05, 0.1) is 18.0 Å². The lowest BCUT2D eigenvalue weighted by Crippen LogP contribution is -2.14. The van der Waals surface area contributed by atoms with Crippen LogP contribution in [0.5, 0.6) is 5.75 Å². The fourth-order valence-corrected chi connectivity index (χ4v) is 3.54. The number of fused-ring (bicyclic) bond motifs is 1. The van der Waals surface area contributed by atoms with Crippen LogP contribution >= 0.6 is 11.3 Å². The zero-order chi connectivity index (χ0) is 16.6. The number of nitrogens with zero attached hydrogens (tertiary/aromatic N) is 2. The molecule has 4 nitrogen and oxygen atoms in total. The molecule has 0 unspecified atom stereocenters. The molecule has 0 amide bonds. The predicted octanol–water partition coefficient (Wildman–Crippen LogP) is 4.57. The highest BCUT2D eigenvalue weighted by atomic mass is 32.1. The Morgan fingerprint density at radius 1 is 1.26 bits per heavy atom. The molecule has 0 saturated heterocycles. The summed E-state index contributed by atoms with van der Waals surface area (Å²) in [5.74, 6) is 0.847. The van der Waals surface area contributed by atoms with Crippen molar-refractivity contribution in [3.8, 4) is 17.0 Å². The Balaban J connectivity index is 2.15. The highest BCUT2D eigenvalue weighted by Gasteiger charge is 2.25. The van der Waals surface area contributed by atoms with Gasteiger partial charge in [0.15, 0.2) is 11.2 Å². The fourth-order valence-electron chi connectivity index (χ4n) is 2.63. The third-order valence-electron chi connectivity index (χ3n) is 3.68. The van der Waals surface area contributed by atoms with Crippen LogP contribution in [0.15, 0.2) is 29.6 Å². The number of aromatic nitrogens is 2. The zero-order valence-corrected chi connectivity index (χ0v) is 14.6. The van der Waals surface area contributed by atoms with E-state index in [1.807, 2.05) is 41.0 Å². The lowest BCUT2D eigenvalue weighted by atomic mass is 9.91. The molecule has 0 saturated carbocycles. The number of ether oxygens (including phenoxy) is 1. The van der Waals surface area contributed by atoms with E-state index in [1.165, 1.54) is 0 Å². The van der Waals surface area contributed by atoms with Crippen molar-refractivity contribution in [2.45, 2.75) is 33.1 Å². The molecule has 5 heteroatoms. The third-order valence-corrected chi connectivity index (χ3v) is 4.51. The average molecular weight is 328 g/mol. The number of aldehydes is 1. The van der Waals surface area contributed by atoms with Crippen LogP contribution in [0.3, 0.4) is 0 Å². The topological polar surface area (TPSA) is 43.6 Å². The molecule has 3 rings (SSSR count). The monoisotopic (exact) mass is 328 g/mol. The van der Waals surface area contributed by atoms with Gasteiger partial charge in [-0.1, -0.05) is 20.8 Å². The number of benzene rings is 1. The second kappa shape index (κ2) is 5.81. The van der Waals surface area contributed by atoms with Crippen molar-refractivity contribution in [1.29, 1.82) is 0 Å². The van der Waals surface area contributed by atoms with Gasteiger partial charge in [-0.25, -0.2) is 4.98 Å². The zero-order valence-electron chi connectivity index (χ0n) is 13.8. The Labute approximate surface area is 139 Å². The molecular formula is C18H20N2O2S. The van der Waals surface area contributed by atoms with Gasteiger partial charge in [-0.2, -0.15) is 0 Å². The summed E-state index contributed by atoms with van der Waals surface area (Å²) in [5, 5.41) is 2.04. The maximum absolute atomic E-state index is 11.7. The molecule has 0 N–H and O–H groups in total. The van der Waals surface area contributed by atoms with E-state index in [0.717, 1.165) is 33.9 Å². The van der Waals surface area contributed by atoms with Gasteiger partial charge in [-0.3, -0.25) is 9.20 Å². The molecule has 0 aliphatic rings. The molecule has 120 valence electrons. The summed E-state index contributed by atoms with van der Waals surface area (Å²) in [6.07, 6.45) is 0.908. The summed E-state index contributed by atoms with van der Waals surface area (Å²) in [4.78, 5) is 17.2. The number of thiazole rings is 1. The molecule has 0 atom stereocenters. The van der Waals surface area contributed by atoms with Crippen molar-refractivity contribution < 1.29 is 9.53 Å². The molecule has 0 fully saturated rings. The van der Waals surface area contributed by atoms with Gasteiger partial charge < -0.3 is 4.74 Å². The molecule has 0 bridgehead atoms. The highest BCUT2D eigenvalue weighted by Crippen LogP contribution is 2.33. The van der Waals surface area contributed by atoms with Crippen LogP contribution in [0.2, 0.25) is 0 Å². The largest absolute Gasteiger partial charge is 0.494 e. The Hall–Kier alpha value is -2.14.